The Morgan fingerprint density at radius 2 is 1.39 bits per heavy atom. The first-order valence-electron chi connectivity index (χ1n) is 15.9. The second kappa shape index (κ2) is 19.1. The van der Waals surface area contributed by atoms with Gasteiger partial charge in [-0.15, -0.1) is 0 Å². The molecule has 2 aromatic carbocycles. The molecule has 49 heavy (non-hydrogen) atoms. The standard InChI is InChI=1S/C35H44N8O5S/c1-24(2)19-30(33(44)39-29(15-18-49(3,47)48)20-27-13-16-38-17-14-27)40-34(45)31(21-26-9-11-28(23-36)12-10-26)41-35(46)32(42-43-37)22-25-7-5-4-6-8-25/h4-18,24,29-32H,19-23,36H2,1-3H3,(H,39,44)(H,40,45)(H,41,46)/b18-15+/t29-,30+,31+,32+/m1/s1. The Morgan fingerprint density at radius 3 is 1.98 bits per heavy atom. The number of rotatable bonds is 18. The number of hydrogen-bond acceptors (Lipinski definition) is 8. The molecule has 0 saturated carbocycles. The number of carbonyl (C=O) groups excluding carboxylic acids is 3. The largest absolute Gasteiger partial charge is 0.348 e. The van der Waals surface area contributed by atoms with E-state index in [1.807, 2.05) is 32.0 Å². The van der Waals surface area contributed by atoms with Gasteiger partial charge in [-0.05, 0) is 65.1 Å². The highest BCUT2D eigenvalue weighted by Gasteiger charge is 2.30. The fraction of sp³-hybridized carbons (Fsp3) is 0.371. The van der Waals surface area contributed by atoms with E-state index in [9.17, 15) is 28.3 Å². The zero-order valence-corrected chi connectivity index (χ0v) is 28.7. The molecule has 3 rings (SSSR count). The summed E-state index contributed by atoms with van der Waals surface area (Å²) in [5, 5.41) is 13.2. The lowest BCUT2D eigenvalue weighted by Crippen LogP contribution is -2.56. The van der Waals surface area contributed by atoms with E-state index in [4.69, 9.17) is 5.73 Å². The molecule has 3 amide bonds. The second-order valence-electron chi connectivity index (χ2n) is 12.2. The molecule has 0 spiro atoms. The van der Waals surface area contributed by atoms with Gasteiger partial charge in [0.2, 0.25) is 17.7 Å². The van der Waals surface area contributed by atoms with Crippen molar-refractivity contribution in [2.45, 2.75) is 70.2 Å². The molecule has 3 aromatic rings. The average molecular weight is 689 g/mol. The number of azide groups is 1. The van der Waals surface area contributed by atoms with Gasteiger partial charge < -0.3 is 21.7 Å². The number of benzene rings is 2. The van der Waals surface area contributed by atoms with Gasteiger partial charge >= 0.3 is 0 Å². The van der Waals surface area contributed by atoms with Crippen LogP contribution in [0.3, 0.4) is 0 Å². The number of amides is 3. The van der Waals surface area contributed by atoms with Crippen LogP contribution >= 0.6 is 0 Å². The molecule has 0 unspecified atom stereocenters. The predicted octanol–water partition coefficient (Wildman–Crippen LogP) is 3.31. The Morgan fingerprint density at radius 1 is 0.816 bits per heavy atom. The van der Waals surface area contributed by atoms with Gasteiger partial charge in [0.25, 0.3) is 0 Å². The number of pyridine rings is 1. The third-order valence-electron chi connectivity index (χ3n) is 7.53. The lowest BCUT2D eigenvalue weighted by molar-refractivity contribution is -0.132. The van der Waals surface area contributed by atoms with Crippen molar-refractivity contribution in [2.75, 3.05) is 6.26 Å². The maximum Gasteiger partial charge on any atom is 0.243 e. The van der Waals surface area contributed by atoms with E-state index in [1.54, 1.807) is 60.9 Å². The van der Waals surface area contributed by atoms with Crippen molar-refractivity contribution in [3.63, 3.8) is 0 Å². The molecule has 14 heteroatoms. The van der Waals surface area contributed by atoms with Crippen LogP contribution in [0.1, 0.15) is 42.5 Å². The van der Waals surface area contributed by atoms with Crippen molar-refractivity contribution in [3.05, 3.63) is 123 Å². The van der Waals surface area contributed by atoms with Crippen molar-refractivity contribution in [3.8, 4) is 0 Å². The number of nitrogens with zero attached hydrogens (tertiary/aromatic N) is 4. The molecule has 1 aromatic heterocycles. The third-order valence-corrected chi connectivity index (χ3v) is 8.18. The van der Waals surface area contributed by atoms with Crippen LogP contribution in [-0.2, 0) is 50.0 Å². The summed E-state index contributed by atoms with van der Waals surface area (Å²) in [7, 11) is -3.49. The van der Waals surface area contributed by atoms with Gasteiger partial charge in [0, 0.05) is 41.9 Å². The molecule has 0 bridgehead atoms. The van der Waals surface area contributed by atoms with Crippen LogP contribution in [0, 0.1) is 5.92 Å². The van der Waals surface area contributed by atoms with Crippen molar-refractivity contribution in [2.24, 2.45) is 16.8 Å². The highest BCUT2D eigenvalue weighted by atomic mass is 32.2. The normalized spacial score (nSPS) is 13.9. The van der Waals surface area contributed by atoms with Gasteiger partial charge in [-0.1, -0.05) is 79.6 Å². The van der Waals surface area contributed by atoms with E-state index >= 15 is 0 Å². The fourth-order valence-electron chi connectivity index (χ4n) is 5.05. The molecule has 0 aliphatic heterocycles. The molecule has 0 radical (unpaired) electrons. The Kier molecular flexibility index (Phi) is 15.0. The molecular weight excluding hydrogens is 645 g/mol. The number of aromatic nitrogens is 1. The molecule has 0 fully saturated rings. The molecule has 4 atom stereocenters. The fourth-order valence-corrected chi connectivity index (χ4v) is 5.52. The summed E-state index contributed by atoms with van der Waals surface area (Å²) in [6.07, 6.45) is 6.39. The molecule has 260 valence electrons. The van der Waals surface area contributed by atoms with Crippen LogP contribution < -0.4 is 21.7 Å². The minimum Gasteiger partial charge on any atom is -0.348 e. The average Bonchev–Trinajstić information content (AvgIpc) is 3.07. The highest BCUT2D eigenvalue weighted by molar-refractivity contribution is 7.93. The van der Waals surface area contributed by atoms with Crippen LogP contribution in [0.15, 0.2) is 95.7 Å². The minimum absolute atomic E-state index is 0.0154. The first-order valence-corrected chi connectivity index (χ1v) is 17.9. The van der Waals surface area contributed by atoms with Gasteiger partial charge in [-0.3, -0.25) is 19.4 Å². The summed E-state index contributed by atoms with van der Waals surface area (Å²) in [6.45, 7) is 4.13. The third kappa shape index (κ3) is 13.9. The summed E-state index contributed by atoms with van der Waals surface area (Å²) in [5.74, 6) is -1.80. The van der Waals surface area contributed by atoms with E-state index in [1.165, 1.54) is 6.08 Å². The highest BCUT2D eigenvalue weighted by Crippen LogP contribution is 2.13. The lowest BCUT2D eigenvalue weighted by Gasteiger charge is -2.26. The van der Waals surface area contributed by atoms with E-state index in [0.717, 1.165) is 33.9 Å². The number of nitrogens with one attached hydrogen (secondary N) is 3. The van der Waals surface area contributed by atoms with E-state index in [0.29, 0.717) is 6.54 Å². The Hall–Kier alpha value is -5.04. The Bertz CT molecular complexity index is 1710. The number of sulfone groups is 1. The minimum atomic E-state index is -3.49. The molecular formula is C35H44N8O5S. The Balaban J connectivity index is 1.88. The van der Waals surface area contributed by atoms with Crippen molar-refractivity contribution in [1.29, 1.82) is 0 Å². The van der Waals surface area contributed by atoms with Crippen LogP contribution in [-0.4, -0.2) is 61.5 Å². The predicted molar refractivity (Wildman–Crippen MR) is 188 cm³/mol. The zero-order chi connectivity index (χ0) is 35.8. The smallest absolute Gasteiger partial charge is 0.243 e. The van der Waals surface area contributed by atoms with Gasteiger partial charge in [-0.2, -0.15) is 0 Å². The first-order chi connectivity index (χ1) is 23.4. The van der Waals surface area contributed by atoms with E-state index in [-0.39, 0.29) is 31.6 Å². The number of carbonyl (C=O) groups is 3. The van der Waals surface area contributed by atoms with Crippen LogP contribution in [0.4, 0.5) is 0 Å². The van der Waals surface area contributed by atoms with Gasteiger partial charge in [0.15, 0.2) is 9.84 Å². The molecule has 0 aliphatic carbocycles. The van der Waals surface area contributed by atoms with Gasteiger partial charge in [0.1, 0.15) is 18.1 Å². The molecule has 1 heterocycles. The first kappa shape index (κ1) is 38.4. The van der Waals surface area contributed by atoms with E-state index in [2.05, 4.69) is 31.0 Å². The van der Waals surface area contributed by atoms with Crippen molar-refractivity contribution < 1.29 is 22.8 Å². The maximum atomic E-state index is 13.9. The van der Waals surface area contributed by atoms with Crippen molar-refractivity contribution in [1.82, 2.24) is 20.9 Å². The molecule has 13 nitrogen and oxygen atoms in total. The van der Waals surface area contributed by atoms with Gasteiger partial charge in [0.05, 0.1) is 6.04 Å². The zero-order valence-electron chi connectivity index (χ0n) is 27.9. The van der Waals surface area contributed by atoms with E-state index < -0.39 is 51.7 Å². The molecule has 0 saturated heterocycles. The summed E-state index contributed by atoms with van der Waals surface area (Å²) >= 11 is 0. The SMILES string of the molecule is CC(C)C[C@H](NC(=O)[C@H](Cc1ccc(CN)cc1)NC(=O)[C@H](Cc1ccccc1)N=[N+]=[N-])C(=O)N[C@H](/C=C/S(C)(=O)=O)Cc1ccncc1. The summed E-state index contributed by atoms with van der Waals surface area (Å²) < 4.78 is 23.8. The maximum absolute atomic E-state index is 13.9. The van der Waals surface area contributed by atoms with Crippen LogP contribution in [0.2, 0.25) is 0 Å². The van der Waals surface area contributed by atoms with Gasteiger partial charge in [-0.25, -0.2) is 8.42 Å². The topological polar surface area (TPSA) is 209 Å². The quantitative estimate of drug-likeness (QED) is 0.0889. The summed E-state index contributed by atoms with van der Waals surface area (Å²) in [6, 6.07) is 15.8. The molecule has 5 N–H and O–H groups in total. The number of hydrogen-bond donors (Lipinski definition) is 4. The number of nitrogens with two attached hydrogens (primary N) is 1. The van der Waals surface area contributed by atoms with Crippen LogP contribution in [0.25, 0.3) is 10.4 Å². The monoisotopic (exact) mass is 688 g/mol. The molecule has 0 aliphatic rings. The Labute approximate surface area is 287 Å². The van der Waals surface area contributed by atoms with Crippen molar-refractivity contribution >= 4 is 27.6 Å². The van der Waals surface area contributed by atoms with Crippen LogP contribution in [0.5, 0.6) is 0 Å². The second-order valence-corrected chi connectivity index (χ2v) is 14.2. The lowest BCUT2D eigenvalue weighted by atomic mass is 9.99. The summed E-state index contributed by atoms with van der Waals surface area (Å²) in [4.78, 5) is 48.0. The summed E-state index contributed by atoms with van der Waals surface area (Å²) in [5.41, 5.74) is 18.2.